The maximum atomic E-state index is 3.66. The summed E-state index contributed by atoms with van der Waals surface area (Å²) in [4.78, 5) is 2.62. The van der Waals surface area contributed by atoms with Crippen LogP contribution >= 0.6 is 0 Å². The summed E-state index contributed by atoms with van der Waals surface area (Å²) in [7, 11) is 0. The molecule has 106 valence electrons. The topological polar surface area (TPSA) is 15.3 Å². The van der Waals surface area contributed by atoms with E-state index in [2.05, 4.69) is 63.0 Å². The fourth-order valence-electron chi connectivity index (χ4n) is 2.75. The molecule has 1 heterocycles. The van der Waals surface area contributed by atoms with Gasteiger partial charge in [0.05, 0.1) is 0 Å². The zero-order valence-electron chi connectivity index (χ0n) is 13.0. The van der Waals surface area contributed by atoms with Gasteiger partial charge in [0.15, 0.2) is 0 Å². The molecule has 2 atom stereocenters. The first-order chi connectivity index (χ1) is 8.97. The molecule has 0 spiro atoms. The lowest BCUT2D eigenvalue weighted by Crippen LogP contribution is -2.56. The van der Waals surface area contributed by atoms with Gasteiger partial charge in [0.25, 0.3) is 0 Å². The number of benzene rings is 1. The van der Waals surface area contributed by atoms with Crippen molar-refractivity contribution < 1.29 is 0 Å². The molecule has 1 aromatic carbocycles. The Kier molecular flexibility index (Phi) is 4.64. The van der Waals surface area contributed by atoms with Gasteiger partial charge in [-0.1, -0.05) is 32.0 Å². The maximum absolute atomic E-state index is 3.66. The third kappa shape index (κ3) is 3.58. The quantitative estimate of drug-likeness (QED) is 0.898. The van der Waals surface area contributed by atoms with Crippen molar-refractivity contribution in [3.8, 4) is 0 Å². The van der Waals surface area contributed by atoms with Gasteiger partial charge in [0.2, 0.25) is 0 Å². The number of nitrogens with zero attached hydrogens (tertiary/aromatic N) is 1. The highest BCUT2D eigenvalue weighted by atomic mass is 15.2. The van der Waals surface area contributed by atoms with Gasteiger partial charge in [-0.25, -0.2) is 0 Å². The van der Waals surface area contributed by atoms with Crippen molar-refractivity contribution in [1.29, 1.82) is 0 Å². The highest BCUT2D eigenvalue weighted by Crippen LogP contribution is 2.17. The van der Waals surface area contributed by atoms with E-state index in [4.69, 9.17) is 0 Å². The molecule has 1 N–H and O–H groups in total. The van der Waals surface area contributed by atoms with E-state index in [0.717, 1.165) is 19.6 Å². The van der Waals surface area contributed by atoms with E-state index in [9.17, 15) is 0 Å². The van der Waals surface area contributed by atoms with Crippen LogP contribution < -0.4 is 5.32 Å². The van der Waals surface area contributed by atoms with Crippen LogP contribution in [0.4, 0.5) is 0 Å². The van der Waals surface area contributed by atoms with Crippen LogP contribution in [0.2, 0.25) is 0 Å². The molecule has 2 unspecified atom stereocenters. The molecule has 2 nitrogen and oxygen atoms in total. The molecule has 2 rings (SSSR count). The van der Waals surface area contributed by atoms with Crippen LogP contribution in [0.5, 0.6) is 0 Å². The summed E-state index contributed by atoms with van der Waals surface area (Å²) in [6, 6.07) is 8.12. The van der Waals surface area contributed by atoms with Gasteiger partial charge >= 0.3 is 0 Å². The molecule has 0 aliphatic carbocycles. The van der Waals surface area contributed by atoms with Crippen LogP contribution in [0.15, 0.2) is 18.2 Å². The molecule has 1 aliphatic rings. The van der Waals surface area contributed by atoms with Crippen LogP contribution in [-0.2, 0) is 6.54 Å². The lowest BCUT2D eigenvalue weighted by atomic mass is 9.98. The van der Waals surface area contributed by atoms with Crippen molar-refractivity contribution in [2.75, 3.05) is 13.1 Å². The molecule has 1 aliphatic heterocycles. The smallest absolute Gasteiger partial charge is 0.0237 e. The highest BCUT2D eigenvalue weighted by Gasteiger charge is 2.26. The van der Waals surface area contributed by atoms with Crippen LogP contribution in [0, 0.1) is 19.8 Å². The molecule has 1 saturated heterocycles. The first-order valence-corrected chi connectivity index (χ1v) is 7.51. The molecule has 0 saturated carbocycles. The van der Waals surface area contributed by atoms with Crippen LogP contribution in [0.25, 0.3) is 0 Å². The largest absolute Gasteiger partial charge is 0.311 e. The molecule has 1 fully saturated rings. The van der Waals surface area contributed by atoms with Gasteiger partial charge in [-0.3, -0.25) is 4.90 Å². The average molecular weight is 260 g/mol. The van der Waals surface area contributed by atoms with Gasteiger partial charge in [-0.05, 0) is 43.4 Å². The van der Waals surface area contributed by atoms with Crippen molar-refractivity contribution in [1.82, 2.24) is 10.2 Å². The van der Waals surface area contributed by atoms with E-state index in [1.165, 1.54) is 16.7 Å². The van der Waals surface area contributed by atoms with E-state index in [1.54, 1.807) is 0 Å². The number of piperazine rings is 1. The standard InChI is InChI=1S/C17H28N2/c1-12(2)17-11-19(15(5)9-18-17)10-16-7-6-13(3)14(4)8-16/h6-8,12,15,17-18H,9-11H2,1-5H3. The van der Waals surface area contributed by atoms with E-state index in [-0.39, 0.29) is 0 Å². The lowest BCUT2D eigenvalue weighted by Gasteiger charge is -2.40. The average Bonchev–Trinajstić information content (AvgIpc) is 2.36. The second-order valence-corrected chi connectivity index (χ2v) is 6.46. The first kappa shape index (κ1) is 14.5. The predicted molar refractivity (Wildman–Crippen MR) is 82.4 cm³/mol. The molecule has 0 radical (unpaired) electrons. The summed E-state index contributed by atoms with van der Waals surface area (Å²) in [5, 5.41) is 3.66. The van der Waals surface area contributed by atoms with Gasteiger partial charge < -0.3 is 5.32 Å². The zero-order valence-corrected chi connectivity index (χ0v) is 13.0. The minimum Gasteiger partial charge on any atom is -0.311 e. The van der Waals surface area contributed by atoms with Crippen molar-refractivity contribution in [3.63, 3.8) is 0 Å². The summed E-state index contributed by atoms with van der Waals surface area (Å²) in [5.41, 5.74) is 4.23. The van der Waals surface area contributed by atoms with E-state index in [0.29, 0.717) is 18.0 Å². The Labute approximate surface area is 118 Å². The highest BCUT2D eigenvalue weighted by molar-refractivity contribution is 5.29. The van der Waals surface area contributed by atoms with Crippen LogP contribution in [-0.4, -0.2) is 30.1 Å². The minimum absolute atomic E-state index is 0.622. The SMILES string of the molecule is Cc1ccc(CN2CC(C(C)C)NCC2C)cc1C. The molecule has 2 heteroatoms. The number of aryl methyl sites for hydroxylation is 2. The van der Waals surface area contributed by atoms with Crippen LogP contribution in [0.1, 0.15) is 37.5 Å². The minimum atomic E-state index is 0.622. The Morgan fingerprint density at radius 3 is 2.63 bits per heavy atom. The van der Waals surface area contributed by atoms with Gasteiger partial charge in [0.1, 0.15) is 0 Å². The molecule has 0 aromatic heterocycles. The predicted octanol–water partition coefficient (Wildman–Crippen LogP) is 3.12. The maximum Gasteiger partial charge on any atom is 0.0237 e. The van der Waals surface area contributed by atoms with Crippen molar-refractivity contribution in [3.05, 3.63) is 34.9 Å². The summed E-state index contributed by atoms with van der Waals surface area (Å²) < 4.78 is 0. The van der Waals surface area contributed by atoms with E-state index >= 15 is 0 Å². The van der Waals surface area contributed by atoms with E-state index in [1.807, 2.05) is 0 Å². The first-order valence-electron chi connectivity index (χ1n) is 7.51. The van der Waals surface area contributed by atoms with Crippen molar-refractivity contribution >= 4 is 0 Å². The number of rotatable bonds is 3. The molecular weight excluding hydrogens is 232 g/mol. The third-order valence-electron chi connectivity index (χ3n) is 4.49. The second kappa shape index (κ2) is 6.06. The third-order valence-corrected chi connectivity index (χ3v) is 4.49. The summed E-state index contributed by atoms with van der Waals surface area (Å²) in [5.74, 6) is 0.703. The Hall–Kier alpha value is -0.860. The molecule has 0 bridgehead atoms. The van der Waals surface area contributed by atoms with Crippen molar-refractivity contribution in [2.45, 2.75) is 53.2 Å². The van der Waals surface area contributed by atoms with Crippen molar-refractivity contribution in [2.24, 2.45) is 5.92 Å². The van der Waals surface area contributed by atoms with Gasteiger partial charge in [0, 0.05) is 31.7 Å². The van der Waals surface area contributed by atoms with Gasteiger partial charge in [-0.15, -0.1) is 0 Å². The Morgan fingerprint density at radius 1 is 1.26 bits per heavy atom. The molecule has 19 heavy (non-hydrogen) atoms. The lowest BCUT2D eigenvalue weighted by molar-refractivity contribution is 0.116. The summed E-state index contributed by atoms with van der Waals surface area (Å²) >= 11 is 0. The zero-order chi connectivity index (χ0) is 14.0. The Balaban J connectivity index is 2.05. The Bertz CT molecular complexity index is 425. The molecule has 1 aromatic rings. The molecular formula is C17H28N2. The number of nitrogens with one attached hydrogen (secondary N) is 1. The molecule has 0 amide bonds. The van der Waals surface area contributed by atoms with Crippen LogP contribution in [0.3, 0.4) is 0 Å². The van der Waals surface area contributed by atoms with Gasteiger partial charge in [-0.2, -0.15) is 0 Å². The summed E-state index contributed by atoms with van der Waals surface area (Å²) in [6.07, 6.45) is 0. The Morgan fingerprint density at radius 2 is 2.00 bits per heavy atom. The fraction of sp³-hybridized carbons (Fsp3) is 0.647. The normalized spacial score (nSPS) is 24.9. The fourth-order valence-corrected chi connectivity index (χ4v) is 2.75. The number of hydrogen-bond acceptors (Lipinski definition) is 2. The summed E-state index contributed by atoms with van der Waals surface area (Å²) in [6.45, 7) is 14.7. The number of hydrogen-bond donors (Lipinski definition) is 1. The monoisotopic (exact) mass is 260 g/mol. The van der Waals surface area contributed by atoms with E-state index < -0.39 is 0 Å². The second-order valence-electron chi connectivity index (χ2n) is 6.46.